The molecule has 0 spiro atoms. The van der Waals surface area contributed by atoms with Gasteiger partial charge in [-0.2, -0.15) is 0 Å². The van der Waals surface area contributed by atoms with Gasteiger partial charge in [-0.25, -0.2) is 0 Å². The van der Waals surface area contributed by atoms with Gasteiger partial charge in [0.15, 0.2) is 0 Å². The lowest BCUT2D eigenvalue weighted by atomic mass is 10.0. The topological polar surface area (TPSA) is 24.1 Å². The van der Waals surface area contributed by atoms with Gasteiger partial charge in [0, 0.05) is 30.7 Å². The zero-order valence-electron chi connectivity index (χ0n) is 9.16. The van der Waals surface area contributed by atoms with Crippen LogP contribution in [-0.4, -0.2) is 19.1 Å². The normalized spacial score (nSPS) is 32.2. The number of rotatable bonds is 3. The Morgan fingerprint density at radius 2 is 2.20 bits per heavy atom. The first-order valence-corrected chi connectivity index (χ1v) is 5.91. The fraction of sp³-hybridized carbons (Fsp3) is 0.538. The van der Waals surface area contributed by atoms with Crippen LogP contribution in [-0.2, 0) is 0 Å². The molecule has 80 valence electrons. The molecule has 2 aliphatic rings. The van der Waals surface area contributed by atoms with Crippen LogP contribution in [0.5, 0.6) is 0 Å². The van der Waals surface area contributed by atoms with Gasteiger partial charge in [-0.3, -0.25) is 0 Å². The van der Waals surface area contributed by atoms with Crippen LogP contribution in [0, 0.1) is 5.92 Å². The van der Waals surface area contributed by atoms with Crippen molar-refractivity contribution >= 4 is 5.69 Å². The molecule has 1 fully saturated rings. The molecule has 1 heterocycles. The van der Waals surface area contributed by atoms with Gasteiger partial charge in [0.2, 0.25) is 0 Å². The maximum absolute atomic E-state index is 3.65. The van der Waals surface area contributed by atoms with E-state index in [-0.39, 0.29) is 0 Å². The van der Waals surface area contributed by atoms with Crippen LogP contribution in [0.15, 0.2) is 24.3 Å². The minimum absolute atomic E-state index is 0.661. The van der Waals surface area contributed by atoms with Gasteiger partial charge in [-0.1, -0.05) is 25.1 Å². The van der Waals surface area contributed by atoms with Gasteiger partial charge in [-0.15, -0.1) is 0 Å². The van der Waals surface area contributed by atoms with Crippen LogP contribution in [0.25, 0.3) is 0 Å². The highest BCUT2D eigenvalue weighted by molar-refractivity contribution is 5.57. The second-order valence-corrected chi connectivity index (χ2v) is 4.89. The number of nitrogens with one attached hydrogen (secondary N) is 2. The van der Waals surface area contributed by atoms with Gasteiger partial charge in [0.05, 0.1) is 0 Å². The SMILES string of the molecule is CC1CC1NCC1CNc2ccccc21. The van der Waals surface area contributed by atoms with E-state index in [0.29, 0.717) is 5.92 Å². The number of hydrogen-bond acceptors (Lipinski definition) is 2. The summed E-state index contributed by atoms with van der Waals surface area (Å²) in [5.41, 5.74) is 2.81. The summed E-state index contributed by atoms with van der Waals surface area (Å²) in [5.74, 6) is 1.56. The van der Waals surface area contributed by atoms with Gasteiger partial charge in [-0.05, 0) is 24.0 Å². The summed E-state index contributed by atoms with van der Waals surface area (Å²) in [4.78, 5) is 0. The fourth-order valence-electron chi connectivity index (χ4n) is 2.44. The van der Waals surface area contributed by atoms with Crippen molar-refractivity contribution in [2.24, 2.45) is 5.92 Å². The van der Waals surface area contributed by atoms with Crippen LogP contribution in [0.4, 0.5) is 5.69 Å². The third-order valence-corrected chi connectivity index (χ3v) is 3.68. The molecule has 3 unspecified atom stereocenters. The Labute approximate surface area is 91.1 Å². The largest absolute Gasteiger partial charge is 0.384 e. The van der Waals surface area contributed by atoms with Crippen molar-refractivity contribution in [2.75, 3.05) is 18.4 Å². The zero-order chi connectivity index (χ0) is 10.3. The minimum Gasteiger partial charge on any atom is -0.384 e. The van der Waals surface area contributed by atoms with E-state index in [4.69, 9.17) is 0 Å². The van der Waals surface area contributed by atoms with Crippen molar-refractivity contribution in [2.45, 2.75) is 25.3 Å². The molecule has 0 saturated heterocycles. The monoisotopic (exact) mass is 202 g/mol. The Balaban J connectivity index is 1.64. The maximum atomic E-state index is 3.65. The third kappa shape index (κ3) is 1.74. The smallest absolute Gasteiger partial charge is 0.0376 e. The lowest BCUT2D eigenvalue weighted by Crippen LogP contribution is -2.25. The fourth-order valence-corrected chi connectivity index (χ4v) is 2.44. The van der Waals surface area contributed by atoms with E-state index in [0.717, 1.165) is 25.0 Å². The summed E-state index contributed by atoms with van der Waals surface area (Å²) in [6.07, 6.45) is 1.36. The molecule has 3 rings (SSSR count). The Kier molecular flexibility index (Phi) is 2.17. The molecule has 1 aromatic rings. The number of para-hydroxylation sites is 1. The summed E-state index contributed by atoms with van der Waals surface area (Å²) in [5, 5.41) is 7.11. The lowest BCUT2D eigenvalue weighted by Gasteiger charge is -2.11. The van der Waals surface area contributed by atoms with E-state index in [1.807, 2.05) is 0 Å². The van der Waals surface area contributed by atoms with Gasteiger partial charge in [0.25, 0.3) is 0 Å². The predicted octanol–water partition coefficient (Wildman–Crippen LogP) is 2.19. The van der Waals surface area contributed by atoms with E-state index in [9.17, 15) is 0 Å². The summed E-state index contributed by atoms with van der Waals surface area (Å²) >= 11 is 0. The highest BCUT2D eigenvalue weighted by Crippen LogP contribution is 2.33. The average molecular weight is 202 g/mol. The summed E-state index contributed by atoms with van der Waals surface area (Å²) < 4.78 is 0. The van der Waals surface area contributed by atoms with Crippen molar-refractivity contribution in [3.63, 3.8) is 0 Å². The van der Waals surface area contributed by atoms with Crippen molar-refractivity contribution in [3.8, 4) is 0 Å². The highest BCUT2D eigenvalue weighted by Gasteiger charge is 2.33. The van der Waals surface area contributed by atoms with Gasteiger partial charge >= 0.3 is 0 Å². The van der Waals surface area contributed by atoms with Crippen LogP contribution in [0.3, 0.4) is 0 Å². The van der Waals surface area contributed by atoms with Crippen molar-refractivity contribution in [3.05, 3.63) is 29.8 Å². The van der Waals surface area contributed by atoms with Gasteiger partial charge in [0.1, 0.15) is 0 Å². The number of benzene rings is 1. The van der Waals surface area contributed by atoms with Gasteiger partial charge < -0.3 is 10.6 Å². The molecule has 1 aromatic carbocycles. The second kappa shape index (κ2) is 3.53. The summed E-state index contributed by atoms with van der Waals surface area (Å²) in [6, 6.07) is 9.45. The molecule has 1 aliphatic heterocycles. The quantitative estimate of drug-likeness (QED) is 0.785. The standard InChI is InChI=1S/C13H18N2/c1-9-6-13(9)15-8-10-7-14-12-5-3-2-4-11(10)12/h2-5,9-10,13-15H,6-8H2,1H3. The molecule has 2 heteroatoms. The molecule has 3 atom stereocenters. The number of hydrogen-bond donors (Lipinski definition) is 2. The van der Waals surface area contributed by atoms with E-state index in [1.165, 1.54) is 17.7 Å². The minimum atomic E-state index is 0.661. The van der Waals surface area contributed by atoms with Crippen LogP contribution in [0.2, 0.25) is 0 Å². The third-order valence-electron chi connectivity index (χ3n) is 3.68. The zero-order valence-corrected chi connectivity index (χ0v) is 9.16. The van der Waals surface area contributed by atoms with Crippen molar-refractivity contribution in [1.29, 1.82) is 0 Å². The van der Waals surface area contributed by atoms with E-state index in [2.05, 4.69) is 41.8 Å². The molecule has 0 bridgehead atoms. The first-order valence-electron chi connectivity index (χ1n) is 5.91. The molecular formula is C13H18N2. The maximum Gasteiger partial charge on any atom is 0.0376 e. The first kappa shape index (κ1) is 9.22. The van der Waals surface area contributed by atoms with Crippen molar-refractivity contribution in [1.82, 2.24) is 5.32 Å². The average Bonchev–Trinajstić information content (AvgIpc) is 2.81. The molecule has 0 radical (unpaired) electrons. The first-order chi connectivity index (χ1) is 7.34. The number of fused-ring (bicyclic) bond motifs is 1. The van der Waals surface area contributed by atoms with E-state index in [1.54, 1.807) is 0 Å². The lowest BCUT2D eigenvalue weighted by molar-refractivity contribution is 0.591. The molecule has 0 aromatic heterocycles. The Morgan fingerprint density at radius 1 is 1.40 bits per heavy atom. The summed E-state index contributed by atoms with van der Waals surface area (Å²) in [7, 11) is 0. The Morgan fingerprint density at radius 3 is 3.00 bits per heavy atom. The Bertz CT molecular complexity index is 361. The van der Waals surface area contributed by atoms with Crippen molar-refractivity contribution < 1.29 is 0 Å². The molecule has 0 amide bonds. The van der Waals surface area contributed by atoms with Crippen LogP contribution >= 0.6 is 0 Å². The molecule has 1 saturated carbocycles. The van der Waals surface area contributed by atoms with Crippen LogP contribution in [0.1, 0.15) is 24.8 Å². The highest BCUT2D eigenvalue weighted by atomic mass is 15.0. The second-order valence-electron chi connectivity index (χ2n) is 4.89. The molecule has 15 heavy (non-hydrogen) atoms. The van der Waals surface area contributed by atoms with Crippen LogP contribution < -0.4 is 10.6 Å². The number of anilines is 1. The molecule has 2 nitrogen and oxygen atoms in total. The predicted molar refractivity (Wildman–Crippen MR) is 63.2 cm³/mol. The Hall–Kier alpha value is -1.02. The van der Waals surface area contributed by atoms with E-state index >= 15 is 0 Å². The molecular weight excluding hydrogens is 184 g/mol. The molecule has 1 aliphatic carbocycles. The summed E-state index contributed by atoms with van der Waals surface area (Å²) in [6.45, 7) is 4.53. The van der Waals surface area contributed by atoms with E-state index < -0.39 is 0 Å². The molecule has 2 N–H and O–H groups in total.